The van der Waals surface area contributed by atoms with Crippen LogP contribution in [-0.4, -0.2) is 38.9 Å². The molecule has 0 amide bonds. The van der Waals surface area contributed by atoms with E-state index in [1.807, 2.05) is 43.3 Å². The van der Waals surface area contributed by atoms with Gasteiger partial charge in [0.05, 0.1) is 31.1 Å². The van der Waals surface area contributed by atoms with Crippen LogP contribution in [0.3, 0.4) is 0 Å². The predicted octanol–water partition coefficient (Wildman–Crippen LogP) is 3.00. The van der Waals surface area contributed by atoms with E-state index >= 15 is 0 Å². The number of hydrogen-bond donors (Lipinski definition) is 1. The van der Waals surface area contributed by atoms with Crippen molar-refractivity contribution in [2.45, 2.75) is 18.4 Å². The fraction of sp³-hybridized carbons (Fsp3) is 0.240. The zero-order valence-electron chi connectivity index (χ0n) is 18.2. The van der Waals surface area contributed by atoms with E-state index in [0.29, 0.717) is 48.2 Å². The van der Waals surface area contributed by atoms with Crippen LogP contribution in [0.25, 0.3) is 21.7 Å². The van der Waals surface area contributed by atoms with Crippen LogP contribution in [0.15, 0.2) is 74.8 Å². The molecule has 0 radical (unpaired) electrons. The van der Waals surface area contributed by atoms with Gasteiger partial charge >= 0.3 is 5.63 Å². The summed E-state index contributed by atoms with van der Waals surface area (Å²) in [6, 6.07) is 18.1. The topological polar surface area (TPSA) is 72.0 Å². The summed E-state index contributed by atoms with van der Waals surface area (Å²) < 4.78 is 33.4. The van der Waals surface area contributed by atoms with Crippen molar-refractivity contribution >= 4 is 43.4 Å². The van der Waals surface area contributed by atoms with Crippen molar-refractivity contribution in [2.75, 3.05) is 26.2 Å². The Morgan fingerprint density at radius 3 is 2.48 bits per heavy atom. The van der Waals surface area contributed by atoms with E-state index in [9.17, 15) is 13.2 Å². The minimum absolute atomic E-state index is 0.321. The molecule has 5 rings (SSSR count). The first kappa shape index (κ1) is 22.1. The Labute approximate surface area is 197 Å². The molecule has 1 saturated heterocycles. The van der Waals surface area contributed by atoms with Crippen LogP contribution in [0.1, 0.15) is 11.1 Å². The van der Waals surface area contributed by atoms with Gasteiger partial charge in [-0.2, -0.15) is 4.31 Å². The fourth-order valence-corrected chi connectivity index (χ4v) is 6.10. The van der Waals surface area contributed by atoms with E-state index in [0.717, 1.165) is 27.3 Å². The van der Waals surface area contributed by atoms with Gasteiger partial charge in [-0.3, -0.25) is 0 Å². The lowest BCUT2D eigenvalue weighted by Crippen LogP contribution is -3.13. The normalized spacial score (nSPS) is 15.9. The Kier molecular flexibility index (Phi) is 5.74. The number of nitrogens with one attached hydrogen (secondary N) is 1. The molecule has 0 atom stereocenters. The van der Waals surface area contributed by atoms with E-state index in [4.69, 9.17) is 16.0 Å². The number of fused-ring (bicyclic) bond motifs is 2. The maximum absolute atomic E-state index is 13.2. The minimum Gasteiger partial charge on any atom is -0.423 e. The Morgan fingerprint density at radius 2 is 1.73 bits per heavy atom. The van der Waals surface area contributed by atoms with Crippen LogP contribution in [0.2, 0.25) is 5.02 Å². The maximum atomic E-state index is 13.2. The quantitative estimate of drug-likeness (QED) is 0.453. The van der Waals surface area contributed by atoms with Crippen molar-refractivity contribution in [3.05, 3.63) is 87.2 Å². The van der Waals surface area contributed by atoms with Crippen molar-refractivity contribution in [3.8, 4) is 0 Å². The average Bonchev–Trinajstić information content (AvgIpc) is 2.80. The second kappa shape index (κ2) is 8.57. The molecule has 4 aromatic rings. The SMILES string of the molecule is Cc1cc2oc(=O)cc(C[NH+]3CCN(S(=O)(=O)c4ccc5ccccc5c4)CC3)c2cc1Cl. The number of piperazine rings is 1. The summed E-state index contributed by atoms with van der Waals surface area (Å²) in [7, 11) is -3.56. The van der Waals surface area contributed by atoms with Gasteiger partial charge in [0, 0.05) is 22.0 Å². The third-order valence-corrected chi connectivity index (χ3v) is 8.64. The van der Waals surface area contributed by atoms with Gasteiger partial charge in [-0.05, 0) is 47.5 Å². The summed E-state index contributed by atoms with van der Waals surface area (Å²) >= 11 is 6.31. The number of halogens is 1. The standard InChI is InChI=1S/C25H23ClN2O4S/c1-17-12-24-22(15-23(17)26)20(14-25(29)32-24)16-27-8-10-28(11-9-27)33(30,31)21-7-6-18-4-2-3-5-19(18)13-21/h2-7,12-15H,8-11,16H2,1H3/p+1. The molecule has 33 heavy (non-hydrogen) atoms. The zero-order chi connectivity index (χ0) is 23.2. The van der Waals surface area contributed by atoms with E-state index in [1.165, 1.54) is 11.0 Å². The Bertz CT molecular complexity index is 1520. The summed E-state index contributed by atoms with van der Waals surface area (Å²) in [4.78, 5) is 13.6. The number of aryl methyl sites for hydroxylation is 1. The molecule has 0 spiro atoms. The molecule has 0 unspecified atom stereocenters. The van der Waals surface area contributed by atoms with Gasteiger partial charge in [-0.15, -0.1) is 0 Å². The molecule has 170 valence electrons. The van der Waals surface area contributed by atoms with E-state index < -0.39 is 15.6 Å². The fourth-order valence-electron chi connectivity index (χ4n) is 4.46. The third-order valence-electron chi connectivity index (χ3n) is 6.34. The van der Waals surface area contributed by atoms with Crippen LogP contribution in [0.4, 0.5) is 0 Å². The summed E-state index contributed by atoms with van der Waals surface area (Å²) in [6.45, 7) is 4.61. The van der Waals surface area contributed by atoms with E-state index in [1.54, 1.807) is 22.5 Å². The van der Waals surface area contributed by atoms with Crippen LogP contribution >= 0.6 is 11.6 Å². The molecule has 2 heterocycles. The first-order valence-electron chi connectivity index (χ1n) is 10.9. The summed E-state index contributed by atoms with van der Waals surface area (Å²) in [6.07, 6.45) is 0. The van der Waals surface area contributed by atoms with Gasteiger partial charge in [0.25, 0.3) is 0 Å². The Balaban J connectivity index is 1.34. The number of benzene rings is 3. The van der Waals surface area contributed by atoms with Crippen molar-refractivity contribution in [1.29, 1.82) is 0 Å². The first-order valence-corrected chi connectivity index (χ1v) is 12.7. The largest absolute Gasteiger partial charge is 0.423 e. The second-order valence-electron chi connectivity index (χ2n) is 8.53. The van der Waals surface area contributed by atoms with Gasteiger partial charge in [-0.1, -0.05) is 41.9 Å². The number of rotatable bonds is 4. The Hall–Kier alpha value is -2.71. The molecule has 0 saturated carbocycles. The lowest BCUT2D eigenvalue weighted by atomic mass is 10.1. The van der Waals surface area contributed by atoms with Crippen LogP contribution in [0, 0.1) is 6.92 Å². The molecule has 1 fully saturated rings. The highest BCUT2D eigenvalue weighted by atomic mass is 35.5. The van der Waals surface area contributed by atoms with Gasteiger partial charge in [0.1, 0.15) is 12.1 Å². The summed E-state index contributed by atoms with van der Waals surface area (Å²) in [5, 5.41) is 3.37. The van der Waals surface area contributed by atoms with E-state index in [-0.39, 0.29) is 0 Å². The van der Waals surface area contributed by atoms with Gasteiger partial charge in [-0.25, -0.2) is 13.2 Å². The average molecular weight is 484 g/mol. The molecule has 3 aromatic carbocycles. The van der Waals surface area contributed by atoms with Crippen LogP contribution in [-0.2, 0) is 16.6 Å². The maximum Gasteiger partial charge on any atom is 0.336 e. The van der Waals surface area contributed by atoms with Crippen molar-refractivity contribution in [1.82, 2.24) is 4.31 Å². The third kappa shape index (κ3) is 4.29. The molecule has 1 aromatic heterocycles. The summed E-state index contributed by atoms with van der Waals surface area (Å²) in [5.74, 6) is 0. The molecular formula is C25H24ClN2O4S+. The highest BCUT2D eigenvalue weighted by Gasteiger charge is 2.31. The highest BCUT2D eigenvalue weighted by Crippen LogP contribution is 2.25. The molecule has 6 nitrogen and oxygen atoms in total. The zero-order valence-corrected chi connectivity index (χ0v) is 19.7. The summed E-state index contributed by atoms with van der Waals surface area (Å²) in [5.41, 5.74) is 1.85. The number of sulfonamides is 1. The molecule has 0 aliphatic carbocycles. The molecule has 1 aliphatic rings. The monoisotopic (exact) mass is 483 g/mol. The van der Waals surface area contributed by atoms with Gasteiger partial charge < -0.3 is 9.32 Å². The molecule has 0 bridgehead atoms. The van der Waals surface area contributed by atoms with Gasteiger partial charge in [0.2, 0.25) is 10.0 Å². The van der Waals surface area contributed by atoms with Crippen LogP contribution < -0.4 is 10.5 Å². The van der Waals surface area contributed by atoms with Crippen molar-refractivity contribution < 1.29 is 17.7 Å². The number of quaternary nitrogens is 1. The molecule has 1 aliphatic heterocycles. The van der Waals surface area contributed by atoms with Gasteiger partial charge in [0.15, 0.2) is 0 Å². The number of nitrogens with zero attached hydrogens (tertiary/aromatic N) is 1. The van der Waals surface area contributed by atoms with Crippen molar-refractivity contribution in [2.24, 2.45) is 0 Å². The first-order chi connectivity index (χ1) is 15.8. The molecule has 1 N–H and O–H groups in total. The Morgan fingerprint density at radius 1 is 1.00 bits per heavy atom. The predicted molar refractivity (Wildman–Crippen MR) is 129 cm³/mol. The second-order valence-corrected chi connectivity index (χ2v) is 10.9. The number of hydrogen-bond acceptors (Lipinski definition) is 4. The molecular weight excluding hydrogens is 460 g/mol. The molecule has 8 heteroatoms. The highest BCUT2D eigenvalue weighted by molar-refractivity contribution is 7.89. The smallest absolute Gasteiger partial charge is 0.336 e. The van der Waals surface area contributed by atoms with Crippen molar-refractivity contribution in [3.63, 3.8) is 0 Å². The lowest BCUT2D eigenvalue weighted by molar-refractivity contribution is -0.917. The lowest BCUT2D eigenvalue weighted by Gasteiger charge is -2.31. The van der Waals surface area contributed by atoms with E-state index in [2.05, 4.69) is 0 Å². The van der Waals surface area contributed by atoms with Crippen LogP contribution in [0.5, 0.6) is 0 Å². The minimum atomic E-state index is -3.56.